The van der Waals surface area contributed by atoms with Gasteiger partial charge in [-0.05, 0) is 49.7 Å². The van der Waals surface area contributed by atoms with E-state index in [0.717, 1.165) is 5.56 Å². The van der Waals surface area contributed by atoms with Crippen molar-refractivity contribution >= 4 is 35.0 Å². The lowest BCUT2D eigenvalue weighted by molar-refractivity contribution is -0.119. The Kier molecular flexibility index (Phi) is 6.58. The number of anilines is 2. The summed E-state index contributed by atoms with van der Waals surface area (Å²) in [5, 5.41) is 5.42. The predicted octanol–water partition coefficient (Wildman–Crippen LogP) is 2.59. The van der Waals surface area contributed by atoms with E-state index in [-0.39, 0.29) is 43.2 Å². The first-order chi connectivity index (χ1) is 14.4. The number of fused-ring (bicyclic) bond motifs is 1. The number of methoxy groups -OCH3 is 1. The molecule has 1 heterocycles. The van der Waals surface area contributed by atoms with E-state index in [1.165, 1.54) is 12.0 Å². The molecule has 0 fully saturated rings. The summed E-state index contributed by atoms with van der Waals surface area (Å²) < 4.78 is 4.75. The van der Waals surface area contributed by atoms with Crippen molar-refractivity contribution in [2.24, 2.45) is 0 Å². The molecule has 1 aliphatic heterocycles. The number of hydrogen-bond donors (Lipinski definition) is 2. The second kappa shape index (κ2) is 9.32. The summed E-state index contributed by atoms with van der Waals surface area (Å²) >= 11 is 0. The lowest BCUT2D eigenvalue weighted by atomic mass is 10.1. The van der Waals surface area contributed by atoms with Crippen molar-refractivity contribution in [3.05, 3.63) is 59.2 Å². The molecule has 4 amide bonds. The largest absolute Gasteiger partial charge is 0.375 e. The van der Waals surface area contributed by atoms with Crippen molar-refractivity contribution < 1.29 is 23.9 Å². The van der Waals surface area contributed by atoms with Gasteiger partial charge in [-0.15, -0.1) is 0 Å². The third kappa shape index (κ3) is 4.90. The molecule has 3 rings (SSSR count). The van der Waals surface area contributed by atoms with Crippen molar-refractivity contribution in [3.63, 3.8) is 0 Å². The Morgan fingerprint density at radius 2 is 1.50 bits per heavy atom. The van der Waals surface area contributed by atoms with Gasteiger partial charge in [0, 0.05) is 31.5 Å². The fourth-order valence-electron chi connectivity index (χ4n) is 3.19. The molecule has 30 heavy (non-hydrogen) atoms. The molecule has 8 nitrogen and oxygen atoms in total. The van der Waals surface area contributed by atoms with Gasteiger partial charge in [-0.3, -0.25) is 24.1 Å². The minimum Gasteiger partial charge on any atom is -0.375 e. The quantitative estimate of drug-likeness (QED) is 0.652. The summed E-state index contributed by atoms with van der Waals surface area (Å²) in [6.45, 7) is 2.01. The third-order valence-corrected chi connectivity index (χ3v) is 4.64. The van der Waals surface area contributed by atoms with Crippen LogP contribution in [-0.4, -0.2) is 48.8 Å². The Bertz CT molecular complexity index is 985. The van der Waals surface area contributed by atoms with Crippen molar-refractivity contribution in [1.82, 2.24) is 4.90 Å². The number of carbonyl (C=O) groups is 4. The van der Waals surface area contributed by atoms with Crippen LogP contribution in [0.15, 0.2) is 42.5 Å². The molecule has 0 spiro atoms. The molecule has 0 aliphatic carbocycles. The van der Waals surface area contributed by atoms with Crippen LogP contribution in [0.25, 0.3) is 0 Å². The zero-order valence-corrected chi connectivity index (χ0v) is 16.9. The predicted molar refractivity (Wildman–Crippen MR) is 111 cm³/mol. The summed E-state index contributed by atoms with van der Waals surface area (Å²) in [4.78, 5) is 49.7. The van der Waals surface area contributed by atoms with Gasteiger partial charge in [0.25, 0.3) is 11.8 Å². The van der Waals surface area contributed by atoms with Crippen LogP contribution >= 0.6 is 0 Å². The van der Waals surface area contributed by atoms with Gasteiger partial charge in [0.05, 0.1) is 11.1 Å². The number of aryl methyl sites for hydroxylation is 1. The molecule has 8 heteroatoms. The summed E-state index contributed by atoms with van der Waals surface area (Å²) in [5.41, 5.74) is 2.92. The second-order valence-electron chi connectivity index (χ2n) is 7.02. The molecule has 0 atom stereocenters. The molecule has 156 valence electrons. The molecule has 2 aromatic carbocycles. The number of rotatable bonds is 8. The van der Waals surface area contributed by atoms with Crippen molar-refractivity contribution in [2.45, 2.75) is 19.8 Å². The molecule has 0 saturated heterocycles. The third-order valence-electron chi connectivity index (χ3n) is 4.64. The van der Waals surface area contributed by atoms with E-state index in [0.29, 0.717) is 28.9 Å². The average molecular weight is 409 g/mol. The molecule has 0 aromatic heterocycles. The minimum absolute atomic E-state index is 0.0365. The van der Waals surface area contributed by atoms with Gasteiger partial charge in [0.2, 0.25) is 11.8 Å². The van der Waals surface area contributed by atoms with E-state index in [4.69, 9.17) is 4.74 Å². The Hall–Kier alpha value is -3.52. The van der Waals surface area contributed by atoms with Crippen molar-refractivity contribution in [2.75, 3.05) is 30.9 Å². The van der Waals surface area contributed by atoms with Crippen LogP contribution in [0.4, 0.5) is 11.4 Å². The molecule has 0 bridgehead atoms. The van der Waals surface area contributed by atoms with Gasteiger partial charge in [-0.2, -0.15) is 0 Å². The molecular weight excluding hydrogens is 386 g/mol. The maximum Gasteiger partial charge on any atom is 0.261 e. The Morgan fingerprint density at radius 3 is 2.13 bits per heavy atom. The van der Waals surface area contributed by atoms with E-state index in [2.05, 4.69) is 10.6 Å². The Balaban J connectivity index is 1.47. The normalized spacial score (nSPS) is 12.7. The lowest BCUT2D eigenvalue weighted by Crippen LogP contribution is -2.31. The van der Waals surface area contributed by atoms with Gasteiger partial charge in [-0.1, -0.05) is 11.6 Å². The van der Waals surface area contributed by atoms with Gasteiger partial charge in [-0.25, -0.2) is 0 Å². The van der Waals surface area contributed by atoms with Crippen LogP contribution in [0.1, 0.15) is 39.1 Å². The van der Waals surface area contributed by atoms with Crippen LogP contribution in [0.2, 0.25) is 0 Å². The van der Waals surface area contributed by atoms with Gasteiger partial charge in [0.15, 0.2) is 0 Å². The molecule has 0 saturated carbocycles. The smallest absolute Gasteiger partial charge is 0.261 e. The van der Waals surface area contributed by atoms with Crippen LogP contribution in [-0.2, 0) is 14.3 Å². The minimum atomic E-state index is -0.318. The monoisotopic (exact) mass is 409 g/mol. The van der Waals surface area contributed by atoms with E-state index in [1.54, 1.807) is 42.5 Å². The highest BCUT2D eigenvalue weighted by Crippen LogP contribution is 2.24. The molecule has 2 N–H and O–H groups in total. The molecule has 2 aromatic rings. The molecule has 1 aliphatic rings. The zero-order valence-electron chi connectivity index (χ0n) is 16.9. The first kappa shape index (κ1) is 21.2. The number of ether oxygens (including phenoxy) is 1. The van der Waals surface area contributed by atoms with Gasteiger partial charge >= 0.3 is 0 Å². The van der Waals surface area contributed by atoms with Crippen molar-refractivity contribution in [1.29, 1.82) is 0 Å². The SMILES string of the molecule is COCC(=O)Nc1ccc(NC(=O)CCCN2C(=O)c3ccc(C)cc3C2=O)cc1. The summed E-state index contributed by atoms with van der Waals surface area (Å²) in [7, 11) is 1.44. The highest BCUT2D eigenvalue weighted by atomic mass is 16.5. The first-order valence-electron chi connectivity index (χ1n) is 9.54. The lowest BCUT2D eigenvalue weighted by Gasteiger charge is -2.13. The maximum absolute atomic E-state index is 12.4. The number of nitrogens with zero attached hydrogens (tertiary/aromatic N) is 1. The van der Waals surface area contributed by atoms with Crippen LogP contribution < -0.4 is 10.6 Å². The zero-order chi connectivity index (χ0) is 21.7. The topological polar surface area (TPSA) is 105 Å². The average Bonchev–Trinajstić information content (AvgIpc) is 2.94. The van der Waals surface area contributed by atoms with Crippen LogP contribution in [0.5, 0.6) is 0 Å². The first-order valence-corrected chi connectivity index (χ1v) is 9.54. The molecule has 0 unspecified atom stereocenters. The van der Waals surface area contributed by atoms with Gasteiger partial charge < -0.3 is 15.4 Å². The number of nitrogens with one attached hydrogen (secondary N) is 2. The van der Waals surface area contributed by atoms with E-state index in [1.807, 2.05) is 6.92 Å². The maximum atomic E-state index is 12.4. The van der Waals surface area contributed by atoms with E-state index in [9.17, 15) is 19.2 Å². The molecule has 0 radical (unpaired) electrons. The van der Waals surface area contributed by atoms with E-state index >= 15 is 0 Å². The summed E-state index contributed by atoms with van der Waals surface area (Å²) in [6.07, 6.45) is 0.528. The summed E-state index contributed by atoms with van der Waals surface area (Å²) in [5.74, 6) is -1.12. The Labute approximate surface area is 174 Å². The van der Waals surface area contributed by atoms with E-state index < -0.39 is 0 Å². The van der Waals surface area contributed by atoms with Crippen molar-refractivity contribution in [3.8, 4) is 0 Å². The highest BCUT2D eigenvalue weighted by molar-refractivity contribution is 6.21. The van der Waals surface area contributed by atoms with Gasteiger partial charge in [0.1, 0.15) is 6.61 Å². The Morgan fingerprint density at radius 1 is 0.900 bits per heavy atom. The molecular formula is C22H23N3O5. The fourth-order valence-corrected chi connectivity index (χ4v) is 3.19. The number of hydrogen-bond acceptors (Lipinski definition) is 5. The van der Waals surface area contributed by atoms with Crippen LogP contribution in [0, 0.1) is 6.92 Å². The number of carbonyl (C=O) groups excluding carboxylic acids is 4. The number of amides is 4. The number of imide groups is 1. The van der Waals surface area contributed by atoms with Crippen LogP contribution in [0.3, 0.4) is 0 Å². The standard InChI is InChI=1S/C22H23N3O5/c1-14-5-10-17-18(12-14)22(29)25(21(17)28)11-3-4-19(26)23-15-6-8-16(9-7-15)24-20(27)13-30-2/h5-10,12H,3-4,11,13H2,1-2H3,(H,23,26)(H,24,27). The fraction of sp³-hybridized carbons (Fsp3) is 0.273. The highest BCUT2D eigenvalue weighted by Gasteiger charge is 2.34. The number of benzene rings is 2. The summed E-state index contributed by atoms with van der Waals surface area (Å²) in [6, 6.07) is 11.9. The second-order valence-corrected chi connectivity index (χ2v) is 7.02.